The van der Waals surface area contributed by atoms with Crippen molar-refractivity contribution in [2.75, 3.05) is 10.6 Å². The smallest absolute Gasteiger partial charge is 0.238 e. The van der Waals surface area contributed by atoms with E-state index in [-0.39, 0.29) is 35.0 Å². The highest BCUT2D eigenvalue weighted by atomic mass is 32.2. The van der Waals surface area contributed by atoms with Gasteiger partial charge in [-0.15, -0.1) is 0 Å². The Bertz CT molecular complexity index is 1340. The molecular weight excluding hydrogens is 478 g/mol. The Morgan fingerprint density at radius 1 is 1.03 bits per heavy atom. The fourth-order valence-electron chi connectivity index (χ4n) is 3.82. The second-order valence-corrected chi connectivity index (χ2v) is 10.1. The lowest BCUT2D eigenvalue weighted by atomic mass is 9.95. The number of amides is 1. The predicted octanol–water partition coefficient (Wildman–Crippen LogP) is 3.95. The van der Waals surface area contributed by atoms with Gasteiger partial charge in [-0.25, -0.2) is 13.6 Å². The van der Waals surface area contributed by atoms with Gasteiger partial charge in [-0.05, 0) is 41.8 Å². The van der Waals surface area contributed by atoms with Crippen LogP contribution in [0.4, 0.5) is 11.4 Å². The molecule has 36 heavy (non-hydrogen) atoms. The lowest BCUT2D eigenvalue weighted by Gasteiger charge is -2.25. The molecule has 0 saturated heterocycles. The van der Waals surface area contributed by atoms with Gasteiger partial charge in [0.1, 0.15) is 0 Å². The summed E-state index contributed by atoms with van der Waals surface area (Å²) in [5.74, 6) is 0.0324. The quantitative estimate of drug-likeness (QED) is 0.120. The SMILES string of the molecule is CC[C@H](C)[C@H](CC(=O)Nc1ccc(-c2ccccc2S(N)(=O)=O)cc1)Nc1cccc(C(N)=NO)c1. The van der Waals surface area contributed by atoms with E-state index in [0.29, 0.717) is 22.4 Å². The third-order valence-electron chi connectivity index (χ3n) is 6.03. The predicted molar refractivity (Wildman–Crippen MR) is 142 cm³/mol. The van der Waals surface area contributed by atoms with E-state index >= 15 is 0 Å². The van der Waals surface area contributed by atoms with E-state index in [1.54, 1.807) is 60.7 Å². The lowest BCUT2D eigenvalue weighted by Crippen LogP contribution is -2.32. The van der Waals surface area contributed by atoms with Gasteiger partial charge in [-0.3, -0.25) is 4.79 Å². The summed E-state index contributed by atoms with van der Waals surface area (Å²) in [6, 6.07) is 20.4. The molecule has 0 aliphatic heterocycles. The van der Waals surface area contributed by atoms with Crippen LogP contribution in [0, 0.1) is 5.92 Å². The molecule has 0 bridgehead atoms. The normalized spacial score (nSPS) is 13.6. The Morgan fingerprint density at radius 2 is 1.72 bits per heavy atom. The summed E-state index contributed by atoms with van der Waals surface area (Å²) in [4.78, 5) is 12.9. The molecule has 7 N–H and O–H groups in total. The molecule has 1 amide bonds. The highest BCUT2D eigenvalue weighted by Crippen LogP contribution is 2.28. The molecule has 0 saturated carbocycles. The first-order chi connectivity index (χ1) is 17.1. The van der Waals surface area contributed by atoms with Gasteiger partial charge < -0.3 is 21.6 Å². The molecule has 0 unspecified atom stereocenters. The Kier molecular flexibility index (Phi) is 8.68. The fraction of sp³-hybridized carbons (Fsp3) is 0.231. The number of carbonyl (C=O) groups is 1. The van der Waals surface area contributed by atoms with Crippen molar-refractivity contribution in [2.24, 2.45) is 21.9 Å². The molecule has 0 radical (unpaired) electrons. The maximum absolute atomic E-state index is 12.9. The van der Waals surface area contributed by atoms with Crippen LogP contribution in [0.2, 0.25) is 0 Å². The van der Waals surface area contributed by atoms with Gasteiger partial charge in [0, 0.05) is 35.0 Å². The first-order valence-corrected chi connectivity index (χ1v) is 13.0. The van der Waals surface area contributed by atoms with Crippen molar-refractivity contribution >= 4 is 33.1 Å². The lowest BCUT2D eigenvalue weighted by molar-refractivity contribution is -0.116. The highest BCUT2D eigenvalue weighted by Gasteiger charge is 2.20. The van der Waals surface area contributed by atoms with Crippen LogP contribution >= 0.6 is 0 Å². The first kappa shape index (κ1) is 26.7. The van der Waals surface area contributed by atoms with Crippen molar-refractivity contribution in [3.8, 4) is 11.1 Å². The van der Waals surface area contributed by atoms with Gasteiger partial charge >= 0.3 is 0 Å². The summed E-state index contributed by atoms with van der Waals surface area (Å²) >= 11 is 0. The molecule has 0 aromatic heterocycles. The van der Waals surface area contributed by atoms with Crippen LogP contribution in [0.25, 0.3) is 11.1 Å². The molecule has 190 valence electrons. The molecular formula is C26H31N5O4S. The van der Waals surface area contributed by atoms with Gasteiger partial charge in [-0.1, -0.05) is 67.9 Å². The average Bonchev–Trinajstić information content (AvgIpc) is 2.87. The largest absolute Gasteiger partial charge is 0.409 e. The number of sulfonamides is 1. The van der Waals surface area contributed by atoms with Crippen LogP contribution in [0.15, 0.2) is 82.8 Å². The molecule has 10 heteroatoms. The number of anilines is 2. The molecule has 0 aliphatic rings. The summed E-state index contributed by atoms with van der Waals surface area (Å²) in [5.41, 5.74) is 8.78. The van der Waals surface area contributed by atoms with Crippen molar-refractivity contribution in [1.82, 2.24) is 0 Å². The minimum atomic E-state index is -3.87. The maximum Gasteiger partial charge on any atom is 0.238 e. The molecule has 3 rings (SSSR count). The molecule has 0 fully saturated rings. The van der Waals surface area contributed by atoms with E-state index < -0.39 is 10.0 Å². The number of rotatable bonds is 10. The van der Waals surface area contributed by atoms with Crippen molar-refractivity contribution in [2.45, 2.75) is 37.6 Å². The van der Waals surface area contributed by atoms with E-state index in [1.807, 2.05) is 6.07 Å². The number of benzene rings is 3. The Hall–Kier alpha value is -3.89. The van der Waals surface area contributed by atoms with Crippen molar-refractivity contribution in [3.63, 3.8) is 0 Å². The number of hydrogen-bond acceptors (Lipinski definition) is 6. The maximum atomic E-state index is 12.9. The topological polar surface area (TPSA) is 160 Å². The summed E-state index contributed by atoms with van der Waals surface area (Å²) in [5, 5.41) is 23.6. The number of nitrogens with zero attached hydrogens (tertiary/aromatic N) is 1. The summed E-state index contributed by atoms with van der Waals surface area (Å²) in [6.07, 6.45) is 1.09. The summed E-state index contributed by atoms with van der Waals surface area (Å²) < 4.78 is 23.8. The van der Waals surface area contributed by atoms with E-state index in [4.69, 9.17) is 16.1 Å². The van der Waals surface area contributed by atoms with Gasteiger partial charge in [0.05, 0.1) is 4.90 Å². The van der Waals surface area contributed by atoms with Crippen LogP contribution in [0.1, 0.15) is 32.3 Å². The third kappa shape index (κ3) is 6.83. The van der Waals surface area contributed by atoms with Gasteiger partial charge in [-0.2, -0.15) is 0 Å². The molecule has 3 aromatic rings. The number of hydrogen-bond donors (Lipinski definition) is 5. The zero-order valence-electron chi connectivity index (χ0n) is 20.2. The molecule has 9 nitrogen and oxygen atoms in total. The number of nitrogens with two attached hydrogens (primary N) is 2. The zero-order valence-corrected chi connectivity index (χ0v) is 21.0. The van der Waals surface area contributed by atoms with Gasteiger partial charge in [0.25, 0.3) is 0 Å². The van der Waals surface area contributed by atoms with Crippen molar-refractivity contribution in [3.05, 3.63) is 78.4 Å². The van der Waals surface area contributed by atoms with Crippen molar-refractivity contribution in [1.29, 1.82) is 0 Å². The Balaban J connectivity index is 1.72. The molecule has 0 spiro atoms. The second kappa shape index (κ2) is 11.7. The number of oxime groups is 1. The zero-order chi connectivity index (χ0) is 26.3. The second-order valence-electron chi connectivity index (χ2n) is 8.57. The minimum Gasteiger partial charge on any atom is -0.409 e. The van der Waals surface area contributed by atoms with Crippen LogP contribution in [-0.4, -0.2) is 31.4 Å². The van der Waals surface area contributed by atoms with Crippen LogP contribution in [0.5, 0.6) is 0 Å². The number of nitrogens with one attached hydrogen (secondary N) is 2. The number of carbonyl (C=O) groups excluding carboxylic acids is 1. The molecule has 2 atom stereocenters. The monoisotopic (exact) mass is 509 g/mol. The average molecular weight is 510 g/mol. The van der Waals surface area contributed by atoms with Crippen LogP contribution < -0.4 is 21.5 Å². The van der Waals surface area contributed by atoms with E-state index in [9.17, 15) is 13.2 Å². The van der Waals surface area contributed by atoms with E-state index in [2.05, 4.69) is 29.6 Å². The number of amidine groups is 1. The minimum absolute atomic E-state index is 0.00613. The fourth-order valence-corrected chi connectivity index (χ4v) is 4.58. The Morgan fingerprint density at radius 3 is 2.36 bits per heavy atom. The standard InChI is InChI=1S/C26H31N5O4S/c1-3-17(2)23(29-21-8-6-7-19(15-21)26(27)31-33)16-25(32)30-20-13-11-18(12-14-20)22-9-4-5-10-24(22)36(28,34)35/h4-15,17,23,29,33H,3,16H2,1-2H3,(H2,27,31)(H,30,32)(H2,28,34,35)/t17-,23-/m0/s1. The first-order valence-electron chi connectivity index (χ1n) is 11.5. The van der Waals surface area contributed by atoms with Crippen LogP contribution in [-0.2, 0) is 14.8 Å². The summed E-state index contributed by atoms with van der Waals surface area (Å²) in [6.45, 7) is 4.12. The number of primary sulfonamides is 1. The molecule has 0 heterocycles. The van der Waals surface area contributed by atoms with Gasteiger partial charge in [0.15, 0.2) is 5.84 Å². The molecule has 3 aromatic carbocycles. The third-order valence-corrected chi connectivity index (χ3v) is 7.00. The van der Waals surface area contributed by atoms with Crippen molar-refractivity contribution < 1.29 is 18.4 Å². The molecule has 0 aliphatic carbocycles. The highest BCUT2D eigenvalue weighted by molar-refractivity contribution is 7.89. The Labute approximate surface area is 211 Å². The van der Waals surface area contributed by atoms with Gasteiger partial charge in [0.2, 0.25) is 15.9 Å². The van der Waals surface area contributed by atoms with E-state index in [0.717, 1.165) is 12.1 Å². The van der Waals surface area contributed by atoms with Crippen LogP contribution in [0.3, 0.4) is 0 Å². The van der Waals surface area contributed by atoms with E-state index in [1.165, 1.54) is 6.07 Å². The summed E-state index contributed by atoms with van der Waals surface area (Å²) in [7, 11) is -3.87.